The first kappa shape index (κ1) is 20.2. The molecule has 8 nitrogen and oxygen atoms in total. The minimum absolute atomic E-state index is 0.166. The van der Waals surface area contributed by atoms with E-state index in [2.05, 4.69) is 26.9 Å². The number of nitrogens with zero attached hydrogens (tertiary/aromatic N) is 4. The fourth-order valence-electron chi connectivity index (χ4n) is 2.84. The van der Waals surface area contributed by atoms with Crippen molar-refractivity contribution in [3.63, 3.8) is 0 Å². The van der Waals surface area contributed by atoms with Crippen LogP contribution in [0.15, 0.2) is 45.9 Å². The average Bonchev–Trinajstić information content (AvgIpc) is 3.27. The molecule has 9 heteroatoms. The van der Waals surface area contributed by atoms with Gasteiger partial charge in [-0.3, -0.25) is 4.68 Å². The van der Waals surface area contributed by atoms with E-state index in [0.717, 1.165) is 18.4 Å². The number of rotatable bonds is 9. The Morgan fingerprint density at radius 3 is 2.71 bits per heavy atom. The van der Waals surface area contributed by atoms with Gasteiger partial charge in [-0.15, -0.1) is 0 Å². The molecular weight excluding hydrogens is 378 g/mol. The Kier molecular flexibility index (Phi) is 6.25. The number of aryl methyl sites for hydroxylation is 2. The molecule has 0 aliphatic rings. The van der Waals surface area contributed by atoms with Crippen molar-refractivity contribution in [3.05, 3.63) is 59.5 Å². The van der Waals surface area contributed by atoms with E-state index in [-0.39, 0.29) is 10.8 Å². The monoisotopic (exact) mass is 403 g/mol. The van der Waals surface area contributed by atoms with Crippen LogP contribution in [0.25, 0.3) is 0 Å². The molecule has 2 aromatic heterocycles. The minimum atomic E-state index is -3.75. The fraction of sp³-hybridized carbons (Fsp3) is 0.421. The van der Waals surface area contributed by atoms with Gasteiger partial charge in [0.15, 0.2) is 5.82 Å². The number of hydrogen-bond donors (Lipinski definition) is 1. The van der Waals surface area contributed by atoms with Gasteiger partial charge in [-0.25, -0.2) is 8.42 Å². The van der Waals surface area contributed by atoms with Crippen LogP contribution in [0.3, 0.4) is 0 Å². The Morgan fingerprint density at radius 2 is 2.00 bits per heavy atom. The predicted molar refractivity (Wildman–Crippen MR) is 104 cm³/mol. The molecule has 3 aromatic rings. The van der Waals surface area contributed by atoms with Crippen molar-refractivity contribution in [2.75, 3.05) is 0 Å². The summed E-state index contributed by atoms with van der Waals surface area (Å²) in [5.74, 6) is 0.737. The fourth-order valence-corrected chi connectivity index (χ4v) is 4.22. The van der Waals surface area contributed by atoms with Gasteiger partial charge in [-0.1, -0.05) is 48.8 Å². The molecule has 0 radical (unpaired) electrons. The molecule has 1 unspecified atom stereocenters. The van der Waals surface area contributed by atoms with Crippen LogP contribution in [0.4, 0.5) is 0 Å². The molecule has 0 bridgehead atoms. The van der Waals surface area contributed by atoms with Crippen molar-refractivity contribution in [2.24, 2.45) is 0 Å². The third-order valence-corrected chi connectivity index (χ3v) is 5.97. The molecular formula is C19H25N5O3S. The summed E-state index contributed by atoms with van der Waals surface area (Å²) in [6.45, 7) is 6.13. The number of sulfonamides is 1. The minimum Gasteiger partial charge on any atom is -0.338 e. The third kappa shape index (κ3) is 4.85. The van der Waals surface area contributed by atoms with Crippen molar-refractivity contribution in [2.45, 2.75) is 57.5 Å². The summed E-state index contributed by atoms with van der Waals surface area (Å²) >= 11 is 0. The van der Waals surface area contributed by atoms with Gasteiger partial charge < -0.3 is 4.52 Å². The molecule has 1 atom stereocenters. The van der Waals surface area contributed by atoms with E-state index in [4.69, 9.17) is 4.52 Å². The second kappa shape index (κ2) is 8.66. The Bertz CT molecular complexity index is 1010. The van der Waals surface area contributed by atoms with Gasteiger partial charge in [0.25, 0.3) is 0 Å². The van der Waals surface area contributed by atoms with E-state index < -0.39 is 16.1 Å². The van der Waals surface area contributed by atoms with Crippen molar-refractivity contribution in [3.8, 4) is 0 Å². The first-order chi connectivity index (χ1) is 13.4. The van der Waals surface area contributed by atoms with E-state index in [0.29, 0.717) is 24.5 Å². The highest BCUT2D eigenvalue weighted by Gasteiger charge is 2.25. The summed E-state index contributed by atoms with van der Waals surface area (Å²) in [6, 6.07) is 9.11. The second-order valence-corrected chi connectivity index (χ2v) is 8.43. The lowest BCUT2D eigenvalue weighted by Crippen LogP contribution is -2.27. The maximum atomic E-state index is 12.8. The lowest BCUT2D eigenvalue weighted by molar-refractivity contribution is 0.350. The molecule has 0 fully saturated rings. The molecule has 0 aliphatic carbocycles. The predicted octanol–water partition coefficient (Wildman–Crippen LogP) is 3.00. The van der Waals surface area contributed by atoms with Crippen LogP contribution in [0.2, 0.25) is 0 Å². The van der Waals surface area contributed by atoms with Gasteiger partial charge in [-0.2, -0.15) is 14.8 Å². The smallest absolute Gasteiger partial charge is 0.244 e. The van der Waals surface area contributed by atoms with Crippen molar-refractivity contribution in [1.82, 2.24) is 24.6 Å². The number of nitrogens with one attached hydrogen (secondary N) is 1. The number of aromatic nitrogens is 4. The van der Waals surface area contributed by atoms with Crippen LogP contribution < -0.4 is 4.72 Å². The lowest BCUT2D eigenvalue weighted by atomic mass is 10.1. The molecule has 0 saturated heterocycles. The lowest BCUT2D eigenvalue weighted by Gasteiger charge is -2.09. The summed E-state index contributed by atoms with van der Waals surface area (Å²) < 4.78 is 35.1. The summed E-state index contributed by atoms with van der Waals surface area (Å²) in [7, 11) is -3.75. The Morgan fingerprint density at radius 1 is 1.25 bits per heavy atom. The normalized spacial score (nSPS) is 13.0. The first-order valence-corrected chi connectivity index (χ1v) is 10.8. The standard InChI is InChI=1S/C19H25N5O3S/c1-4-5-11-24-13-17(14(2)21-24)28(25,26)23-15(3)19-20-18(22-27-19)12-16-9-7-6-8-10-16/h6-10,13,15,23H,4-5,11-12H2,1-3H3. The van der Waals surface area contributed by atoms with Crippen LogP contribution >= 0.6 is 0 Å². The van der Waals surface area contributed by atoms with E-state index in [1.54, 1.807) is 24.7 Å². The Balaban J connectivity index is 1.70. The van der Waals surface area contributed by atoms with E-state index >= 15 is 0 Å². The molecule has 0 spiro atoms. The topological polar surface area (TPSA) is 103 Å². The molecule has 0 amide bonds. The van der Waals surface area contributed by atoms with Gasteiger partial charge in [0.05, 0.1) is 11.7 Å². The zero-order valence-electron chi connectivity index (χ0n) is 16.3. The van der Waals surface area contributed by atoms with Crippen molar-refractivity contribution < 1.29 is 12.9 Å². The zero-order chi connectivity index (χ0) is 20.1. The molecule has 150 valence electrons. The molecule has 28 heavy (non-hydrogen) atoms. The molecule has 1 aromatic carbocycles. The summed E-state index contributed by atoms with van der Waals surface area (Å²) in [5.41, 5.74) is 1.52. The highest BCUT2D eigenvalue weighted by molar-refractivity contribution is 7.89. The summed E-state index contributed by atoms with van der Waals surface area (Å²) in [4.78, 5) is 4.49. The van der Waals surface area contributed by atoms with Gasteiger partial charge in [0, 0.05) is 19.2 Å². The SMILES string of the molecule is CCCCn1cc(S(=O)(=O)NC(C)c2nc(Cc3ccccc3)no2)c(C)n1. The van der Waals surface area contributed by atoms with Crippen LogP contribution in [-0.2, 0) is 23.0 Å². The van der Waals surface area contributed by atoms with Crippen LogP contribution in [0.1, 0.15) is 55.7 Å². The van der Waals surface area contributed by atoms with Gasteiger partial charge in [0.1, 0.15) is 4.90 Å². The third-order valence-electron chi connectivity index (χ3n) is 4.32. The highest BCUT2D eigenvalue weighted by atomic mass is 32.2. The summed E-state index contributed by atoms with van der Waals surface area (Å²) in [6.07, 6.45) is 4.04. The molecule has 3 rings (SSSR count). The van der Waals surface area contributed by atoms with Crippen molar-refractivity contribution in [1.29, 1.82) is 0 Å². The maximum absolute atomic E-state index is 12.8. The molecule has 0 saturated carbocycles. The molecule has 0 aliphatic heterocycles. The number of unbranched alkanes of at least 4 members (excludes halogenated alkanes) is 1. The van der Waals surface area contributed by atoms with Gasteiger partial charge >= 0.3 is 0 Å². The average molecular weight is 404 g/mol. The van der Waals surface area contributed by atoms with E-state index in [1.165, 1.54) is 0 Å². The maximum Gasteiger partial charge on any atom is 0.244 e. The first-order valence-electron chi connectivity index (χ1n) is 9.32. The quantitative estimate of drug-likeness (QED) is 0.589. The summed E-state index contributed by atoms with van der Waals surface area (Å²) in [5, 5.41) is 8.24. The molecule has 2 heterocycles. The van der Waals surface area contributed by atoms with Crippen LogP contribution in [0, 0.1) is 6.92 Å². The van der Waals surface area contributed by atoms with Gasteiger partial charge in [-0.05, 0) is 25.8 Å². The Hall–Kier alpha value is -2.52. The second-order valence-electron chi connectivity index (χ2n) is 6.75. The largest absolute Gasteiger partial charge is 0.338 e. The van der Waals surface area contributed by atoms with E-state index in [1.807, 2.05) is 30.3 Å². The van der Waals surface area contributed by atoms with Crippen LogP contribution in [0.5, 0.6) is 0 Å². The molecule has 1 N–H and O–H groups in total. The zero-order valence-corrected chi connectivity index (χ0v) is 17.1. The van der Waals surface area contributed by atoms with Crippen molar-refractivity contribution >= 4 is 10.0 Å². The van der Waals surface area contributed by atoms with Crippen LogP contribution in [-0.4, -0.2) is 28.3 Å². The van der Waals surface area contributed by atoms with E-state index in [9.17, 15) is 8.42 Å². The number of benzene rings is 1. The number of hydrogen-bond acceptors (Lipinski definition) is 6. The van der Waals surface area contributed by atoms with Gasteiger partial charge in [0.2, 0.25) is 15.9 Å². The highest BCUT2D eigenvalue weighted by Crippen LogP contribution is 2.19. The Labute approximate surface area is 165 Å².